The monoisotopic (exact) mass is 510 g/mol. The molecule has 4 aromatic rings. The number of nitro benzene ring substituents is 1. The minimum absolute atomic E-state index is 0.0943. The van der Waals surface area contributed by atoms with Crippen molar-refractivity contribution in [1.82, 2.24) is 4.57 Å². The number of nitrogens with zero attached hydrogens (tertiary/aromatic N) is 3. The summed E-state index contributed by atoms with van der Waals surface area (Å²) < 4.78 is 42.5. The largest absolute Gasteiger partial charge is 0.305 e. The molecule has 0 saturated carbocycles. The second kappa shape index (κ2) is 9.49. The minimum Gasteiger partial charge on any atom is -0.305 e. The predicted octanol–water partition coefficient (Wildman–Crippen LogP) is 3.93. The van der Waals surface area contributed by atoms with Crippen LogP contribution in [0.15, 0.2) is 76.6 Å². The Hall–Kier alpha value is -4.34. The number of carbonyl (C=O) groups excluding carboxylic acids is 1. The van der Waals surface area contributed by atoms with Crippen molar-refractivity contribution >= 4 is 48.9 Å². The van der Waals surface area contributed by atoms with Crippen molar-refractivity contribution in [1.29, 1.82) is 0 Å². The van der Waals surface area contributed by atoms with Gasteiger partial charge in [-0.1, -0.05) is 17.3 Å². The van der Waals surface area contributed by atoms with Gasteiger partial charge >= 0.3 is 0 Å². The molecule has 9 nitrogen and oxygen atoms in total. The molecule has 0 aliphatic carbocycles. The molecule has 0 atom stereocenters. The Balaban J connectivity index is 1.62. The number of sulfonamides is 1. The van der Waals surface area contributed by atoms with Gasteiger partial charge in [-0.25, -0.2) is 12.8 Å². The Kier molecular flexibility index (Phi) is 6.46. The topological polar surface area (TPSA) is 124 Å². The summed E-state index contributed by atoms with van der Waals surface area (Å²) in [5.74, 6) is 1.31. The van der Waals surface area contributed by atoms with Gasteiger partial charge in [-0.15, -0.1) is 6.42 Å². The van der Waals surface area contributed by atoms with Gasteiger partial charge in [0.05, 0.1) is 26.6 Å². The summed E-state index contributed by atoms with van der Waals surface area (Å²) in [5.41, 5.74) is 0.895. The number of nitro groups is 1. The van der Waals surface area contributed by atoms with E-state index in [0.717, 1.165) is 35.6 Å². The summed E-state index contributed by atoms with van der Waals surface area (Å²) in [5, 5.41) is 11.1. The molecule has 0 fully saturated rings. The van der Waals surface area contributed by atoms with Gasteiger partial charge in [0.25, 0.3) is 21.6 Å². The van der Waals surface area contributed by atoms with E-state index in [9.17, 15) is 27.7 Å². The number of anilines is 1. The van der Waals surface area contributed by atoms with E-state index >= 15 is 0 Å². The van der Waals surface area contributed by atoms with Gasteiger partial charge in [0.1, 0.15) is 5.82 Å². The molecule has 1 heterocycles. The van der Waals surface area contributed by atoms with Crippen LogP contribution in [-0.4, -0.2) is 23.8 Å². The van der Waals surface area contributed by atoms with Crippen LogP contribution < -0.4 is 9.52 Å². The van der Waals surface area contributed by atoms with Crippen LogP contribution in [0.1, 0.15) is 10.4 Å². The lowest BCUT2D eigenvalue weighted by Gasteiger charge is -2.08. The summed E-state index contributed by atoms with van der Waals surface area (Å²) >= 11 is 1.09. The maximum absolute atomic E-state index is 13.1. The summed E-state index contributed by atoms with van der Waals surface area (Å²) in [6.07, 6.45) is 5.44. The van der Waals surface area contributed by atoms with Gasteiger partial charge in [-0.3, -0.25) is 19.6 Å². The molecule has 0 radical (unpaired) electrons. The maximum atomic E-state index is 13.1. The lowest BCUT2D eigenvalue weighted by atomic mass is 10.2. The molecule has 0 bridgehead atoms. The lowest BCUT2D eigenvalue weighted by molar-refractivity contribution is -0.384. The highest BCUT2D eigenvalue weighted by molar-refractivity contribution is 7.92. The van der Waals surface area contributed by atoms with Crippen molar-refractivity contribution in [2.24, 2.45) is 4.99 Å². The zero-order valence-corrected chi connectivity index (χ0v) is 19.3. The normalized spacial score (nSPS) is 11.8. The van der Waals surface area contributed by atoms with Crippen molar-refractivity contribution < 1.29 is 22.5 Å². The molecule has 3 aromatic carbocycles. The fourth-order valence-corrected chi connectivity index (χ4v) is 5.28. The molecule has 4 rings (SSSR count). The van der Waals surface area contributed by atoms with Crippen LogP contribution in [0.2, 0.25) is 0 Å². The van der Waals surface area contributed by atoms with Gasteiger partial charge in [0.15, 0.2) is 4.80 Å². The molecule has 12 heteroatoms. The van der Waals surface area contributed by atoms with Crippen molar-refractivity contribution in [2.45, 2.75) is 11.4 Å². The van der Waals surface area contributed by atoms with E-state index in [-0.39, 0.29) is 33.2 Å². The first-order valence-corrected chi connectivity index (χ1v) is 12.2. The van der Waals surface area contributed by atoms with Gasteiger partial charge < -0.3 is 4.57 Å². The first-order chi connectivity index (χ1) is 16.7. The number of carbonyl (C=O) groups is 1. The first kappa shape index (κ1) is 23.8. The van der Waals surface area contributed by atoms with Crippen molar-refractivity contribution in [3.05, 3.63) is 93.0 Å². The zero-order valence-electron chi connectivity index (χ0n) is 17.7. The van der Waals surface area contributed by atoms with Gasteiger partial charge in [0, 0.05) is 23.4 Å². The van der Waals surface area contributed by atoms with Crippen LogP contribution in [0.25, 0.3) is 10.2 Å². The predicted molar refractivity (Wildman–Crippen MR) is 129 cm³/mol. The third-order valence-corrected chi connectivity index (χ3v) is 7.27. The van der Waals surface area contributed by atoms with Crippen LogP contribution in [0.5, 0.6) is 0 Å². The van der Waals surface area contributed by atoms with Crippen LogP contribution in [0, 0.1) is 28.3 Å². The van der Waals surface area contributed by atoms with Crippen LogP contribution >= 0.6 is 11.3 Å². The third-order valence-electron chi connectivity index (χ3n) is 4.83. The fraction of sp³-hybridized carbons (Fsp3) is 0.0435. The molecule has 1 aromatic heterocycles. The number of fused-ring (bicyclic) bond motifs is 1. The number of hydrogen-bond donors (Lipinski definition) is 1. The quantitative estimate of drug-likeness (QED) is 0.239. The highest BCUT2D eigenvalue weighted by Gasteiger charge is 2.16. The van der Waals surface area contributed by atoms with E-state index in [1.807, 2.05) is 0 Å². The first-order valence-electron chi connectivity index (χ1n) is 9.87. The van der Waals surface area contributed by atoms with Crippen LogP contribution in [-0.2, 0) is 16.6 Å². The highest BCUT2D eigenvalue weighted by Crippen LogP contribution is 2.23. The molecule has 0 aliphatic rings. The Morgan fingerprint density at radius 1 is 1.14 bits per heavy atom. The number of amides is 1. The Bertz CT molecular complexity index is 1670. The average molecular weight is 511 g/mol. The molecule has 1 N–H and O–H groups in total. The SMILES string of the molecule is C#CCn1c(=NC(=O)c2ccc(NS(=O)(=O)c3ccc(F)cc3)cc2)sc2cc([N+](=O)[O-])ccc21. The molecule has 1 amide bonds. The molecular weight excluding hydrogens is 495 g/mol. The molecule has 0 aliphatic heterocycles. The minimum atomic E-state index is -3.94. The third kappa shape index (κ3) is 5.11. The number of non-ortho nitro benzene ring substituents is 1. The van der Waals surface area contributed by atoms with E-state index in [0.29, 0.717) is 10.2 Å². The second-order valence-electron chi connectivity index (χ2n) is 7.14. The lowest BCUT2D eigenvalue weighted by Crippen LogP contribution is -2.16. The van der Waals surface area contributed by atoms with E-state index in [1.165, 1.54) is 36.4 Å². The fourth-order valence-electron chi connectivity index (χ4n) is 3.16. The van der Waals surface area contributed by atoms with Crippen molar-refractivity contribution in [3.63, 3.8) is 0 Å². The second-order valence-corrected chi connectivity index (χ2v) is 9.83. The molecule has 0 spiro atoms. The Labute approximate surface area is 202 Å². The molecule has 0 unspecified atom stereocenters. The molecular formula is C23H15FN4O5S2. The Morgan fingerprint density at radius 3 is 2.46 bits per heavy atom. The molecule has 0 saturated heterocycles. The molecule has 176 valence electrons. The number of terminal acetylenes is 1. The van der Waals surface area contributed by atoms with E-state index in [2.05, 4.69) is 15.6 Å². The van der Waals surface area contributed by atoms with Gasteiger partial charge in [-0.2, -0.15) is 4.99 Å². The van der Waals surface area contributed by atoms with Crippen LogP contribution in [0.3, 0.4) is 0 Å². The van der Waals surface area contributed by atoms with Gasteiger partial charge in [-0.05, 0) is 54.6 Å². The maximum Gasteiger partial charge on any atom is 0.279 e. The highest BCUT2D eigenvalue weighted by atomic mass is 32.2. The smallest absolute Gasteiger partial charge is 0.279 e. The van der Waals surface area contributed by atoms with Gasteiger partial charge in [0.2, 0.25) is 0 Å². The van der Waals surface area contributed by atoms with E-state index in [4.69, 9.17) is 6.42 Å². The number of rotatable bonds is 6. The molecule has 35 heavy (non-hydrogen) atoms. The number of aromatic nitrogens is 1. The number of hydrogen-bond acceptors (Lipinski definition) is 6. The zero-order chi connectivity index (χ0) is 25.2. The number of nitrogens with one attached hydrogen (secondary N) is 1. The van der Waals surface area contributed by atoms with E-state index < -0.39 is 26.7 Å². The Morgan fingerprint density at radius 2 is 1.83 bits per heavy atom. The summed E-state index contributed by atoms with van der Waals surface area (Å²) in [4.78, 5) is 27.6. The number of halogens is 1. The average Bonchev–Trinajstić information content (AvgIpc) is 3.16. The summed E-state index contributed by atoms with van der Waals surface area (Å²) in [6, 6.07) is 14.2. The summed E-state index contributed by atoms with van der Waals surface area (Å²) in [7, 11) is -3.94. The van der Waals surface area contributed by atoms with Crippen molar-refractivity contribution in [3.8, 4) is 12.3 Å². The summed E-state index contributed by atoms with van der Waals surface area (Å²) in [6.45, 7) is 0.105. The standard InChI is InChI=1S/C23H15FN4O5S2/c1-2-13-27-20-12-9-18(28(30)31)14-21(20)34-23(27)25-22(29)15-3-7-17(8-4-15)26-35(32,33)19-10-5-16(24)6-11-19/h1,3-12,14,26H,13H2. The number of benzene rings is 3. The van der Waals surface area contributed by atoms with Crippen molar-refractivity contribution in [2.75, 3.05) is 4.72 Å². The van der Waals surface area contributed by atoms with E-state index in [1.54, 1.807) is 10.6 Å². The number of thiazole rings is 1. The van der Waals surface area contributed by atoms with Crippen LogP contribution in [0.4, 0.5) is 15.8 Å².